The van der Waals surface area contributed by atoms with Gasteiger partial charge >= 0.3 is 0 Å². The molecular weight excluding hydrogens is 484 g/mol. The van der Waals surface area contributed by atoms with Crippen molar-refractivity contribution < 1.29 is 9.72 Å². The van der Waals surface area contributed by atoms with Gasteiger partial charge in [0.1, 0.15) is 4.32 Å². The van der Waals surface area contributed by atoms with E-state index in [0.29, 0.717) is 31.3 Å². The Bertz CT molecular complexity index is 1230. The Morgan fingerprint density at radius 2 is 1.81 bits per heavy atom. The van der Waals surface area contributed by atoms with Gasteiger partial charge in [-0.3, -0.25) is 19.8 Å². The fraction of sp³-hybridized carbons (Fsp3) is 0.0435. The predicted octanol–water partition coefficient (Wildman–Crippen LogP) is 6.80. The van der Waals surface area contributed by atoms with Gasteiger partial charge < -0.3 is 0 Å². The van der Waals surface area contributed by atoms with E-state index in [1.54, 1.807) is 35.2 Å². The average Bonchev–Trinajstić information content (AvgIpc) is 3.04. The number of amides is 1. The van der Waals surface area contributed by atoms with Gasteiger partial charge in [-0.15, -0.1) is 0 Å². The van der Waals surface area contributed by atoms with Crippen molar-refractivity contribution in [3.63, 3.8) is 0 Å². The Hall–Kier alpha value is -2.65. The van der Waals surface area contributed by atoms with E-state index in [-0.39, 0.29) is 11.6 Å². The second-order valence-electron chi connectivity index (χ2n) is 6.79. The Labute approximate surface area is 203 Å². The lowest BCUT2D eigenvalue weighted by Gasteiger charge is -2.14. The number of nitro groups is 1. The highest BCUT2D eigenvalue weighted by Crippen LogP contribution is 2.38. The molecule has 1 aliphatic rings. The van der Waals surface area contributed by atoms with Crippen LogP contribution in [0.3, 0.4) is 0 Å². The van der Waals surface area contributed by atoms with E-state index in [1.165, 1.54) is 29.6 Å². The molecule has 32 heavy (non-hydrogen) atoms. The van der Waals surface area contributed by atoms with Crippen molar-refractivity contribution in [3.05, 3.63) is 104 Å². The molecule has 0 bridgehead atoms. The number of benzene rings is 3. The van der Waals surface area contributed by atoms with Gasteiger partial charge in [0.2, 0.25) is 0 Å². The van der Waals surface area contributed by atoms with Gasteiger partial charge in [-0.05, 0) is 47.5 Å². The third-order valence-corrected chi connectivity index (χ3v) is 7.28. The number of thiocarbonyl (C=S) groups is 1. The van der Waals surface area contributed by atoms with Gasteiger partial charge in [-0.1, -0.05) is 83.7 Å². The van der Waals surface area contributed by atoms with Crippen LogP contribution in [-0.2, 0) is 11.3 Å². The zero-order valence-corrected chi connectivity index (χ0v) is 19.6. The Kier molecular flexibility index (Phi) is 6.95. The molecule has 1 heterocycles. The molecular formula is C23H15ClN2O3S3. The number of rotatable bonds is 6. The van der Waals surface area contributed by atoms with E-state index >= 15 is 0 Å². The smallest absolute Gasteiger partial charge is 0.283 e. The SMILES string of the molecule is O=C1C(=Cc2ccc(Sc3ccc(Cl)cc3)c([N+](=O)[O-])c2)SC(=S)N1Cc1ccccc1. The van der Waals surface area contributed by atoms with E-state index in [4.69, 9.17) is 23.8 Å². The van der Waals surface area contributed by atoms with Crippen LogP contribution in [0.1, 0.15) is 11.1 Å². The Balaban J connectivity index is 1.57. The number of carbonyl (C=O) groups is 1. The molecule has 0 aromatic heterocycles. The standard InChI is InChI=1S/C23H15ClN2O3S3/c24-17-7-9-18(10-8-17)31-20-11-6-16(12-19(20)26(28)29)13-21-22(27)25(23(30)32-21)14-15-4-2-1-3-5-15/h1-13H,14H2. The minimum Gasteiger partial charge on any atom is -0.288 e. The molecule has 0 atom stereocenters. The summed E-state index contributed by atoms with van der Waals surface area (Å²) in [6, 6.07) is 21.6. The summed E-state index contributed by atoms with van der Waals surface area (Å²) in [5.74, 6) is -0.203. The lowest BCUT2D eigenvalue weighted by atomic mass is 10.1. The second kappa shape index (κ2) is 9.87. The summed E-state index contributed by atoms with van der Waals surface area (Å²) in [7, 11) is 0. The molecule has 1 aliphatic heterocycles. The van der Waals surface area contributed by atoms with Crippen molar-refractivity contribution >= 4 is 69.3 Å². The zero-order chi connectivity index (χ0) is 22.7. The highest BCUT2D eigenvalue weighted by molar-refractivity contribution is 8.26. The van der Waals surface area contributed by atoms with Crippen LogP contribution < -0.4 is 0 Å². The van der Waals surface area contributed by atoms with Crippen molar-refractivity contribution in [2.75, 3.05) is 0 Å². The van der Waals surface area contributed by atoms with Crippen LogP contribution in [0.4, 0.5) is 5.69 Å². The summed E-state index contributed by atoms with van der Waals surface area (Å²) in [6.45, 7) is 0.389. The Morgan fingerprint density at radius 1 is 1.09 bits per heavy atom. The molecule has 0 N–H and O–H groups in total. The fourth-order valence-electron chi connectivity index (χ4n) is 3.04. The number of nitro benzene ring substituents is 1. The molecule has 0 spiro atoms. The molecule has 1 amide bonds. The number of thioether (sulfide) groups is 1. The summed E-state index contributed by atoms with van der Waals surface area (Å²) >= 11 is 13.8. The van der Waals surface area contributed by atoms with E-state index in [1.807, 2.05) is 42.5 Å². The van der Waals surface area contributed by atoms with Crippen molar-refractivity contribution in [1.82, 2.24) is 4.90 Å². The van der Waals surface area contributed by atoms with Crippen LogP contribution in [0.25, 0.3) is 6.08 Å². The first kappa shape index (κ1) is 22.5. The first-order chi connectivity index (χ1) is 15.4. The molecule has 5 nitrogen and oxygen atoms in total. The van der Waals surface area contributed by atoms with E-state index in [9.17, 15) is 14.9 Å². The molecule has 3 aromatic carbocycles. The summed E-state index contributed by atoms with van der Waals surface area (Å²) < 4.78 is 0.467. The largest absolute Gasteiger partial charge is 0.288 e. The quantitative estimate of drug-likeness (QED) is 0.161. The monoisotopic (exact) mass is 498 g/mol. The maximum atomic E-state index is 12.9. The normalized spacial score (nSPS) is 14.9. The summed E-state index contributed by atoms with van der Waals surface area (Å²) in [5.41, 5.74) is 1.51. The minimum atomic E-state index is -0.420. The number of halogens is 1. The maximum Gasteiger partial charge on any atom is 0.283 e. The molecule has 4 rings (SSSR count). The Morgan fingerprint density at radius 3 is 2.50 bits per heavy atom. The maximum absolute atomic E-state index is 12.9. The van der Waals surface area contributed by atoms with Crippen LogP contribution in [0.15, 0.2) is 87.5 Å². The van der Waals surface area contributed by atoms with Crippen LogP contribution in [0, 0.1) is 10.1 Å². The molecule has 3 aromatic rings. The minimum absolute atomic E-state index is 0.0292. The molecule has 1 saturated heterocycles. The third kappa shape index (κ3) is 5.21. The number of hydrogen-bond acceptors (Lipinski definition) is 6. The molecule has 160 valence electrons. The molecule has 0 radical (unpaired) electrons. The van der Waals surface area contributed by atoms with Gasteiger partial charge in [-0.25, -0.2) is 0 Å². The number of hydrogen-bond donors (Lipinski definition) is 0. The zero-order valence-electron chi connectivity index (χ0n) is 16.4. The molecule has 1 fully saturated rings. The van der Waals surface area contributed by atoms with Crippen molar-refractivity contribution in [2.45, 2.75) is 16.3 Å². The number of carbonyl (C=O) groups excluding carboxylic acids is 1. The van der Waals surface area contributed by atoms with E-state index < -0.39 is 4.92 Å². The lowest BCUT2D eigenvalue weighted by Crippen LogP contribution is -2.27. The van der Waals surface area contributed by atoms with Crippen molar-refractivity contribution in [3.8, 4) is 0 Å². The average molecular weight is 499 g/mol. The highest BCUT2D eigenvalue weighted by atomic mass is 35.5. The van der Waals surface area contributed by atoms with Crippen LogP contribution in [0.5, 0.6) is 0 Å². The van der Waals surface area contributed by atoms with E-state index in [0.717, 1.165) is 10.5 Å². The van der Waals surface area contributed by atoms with Crippen LogP contribution in [-0.4, -0.2) is 20.1 Å². The van der Waals surface area contributed by atoms with E-state index in [2.05, 4.69) is 0 Å². The number of nitrogens with zero attached hydrogens (tertiary/aromatic N) is 2. The predicted molar refractivity (Wildman–Crippen MR) is 134 cm³/mol. The summed E-state index contributed by atoms with van der Waals surface area (Å²) in [6.07, 6.45) is 1.65. The van der Waals surface area contributed by atoms with Crippen LogP contribution in [0.2, 0.25) is 5.02 Å². The summed E-state index contributed by atoms with van der Waals surface area (Å²) in [5, 5.41) is 12.3. The molecule has 0 unspecified atom stereocenters. The summed E-state index contributed by atoms with van der Waals surface area (Å²) in [4.78, 5) is 27.5. The first-order valence-electron chi connectivity index (χ1n) is 9.42. The molecule has 0 aliphatic carbocycles. The van der Waals surface area contributed by atoms with Gasteiger partial charge in [0.15, 0.2) is 0 Å². The van der Waals surface area contributed by atoms with Gasteiger partial charge in [0.25, 0.3) is 11.6 Å². The van der Waals surface area contributed by atoms with Gasteiger partial charge in [0.05, 0.1) is 21.3 Å². The fourth-order valence-corrected chi connectivity index (χ4v) is 5.32. The van der Waals surface area contributed by atoms with Gasteiger partial charge in [0, 0.05) is 16.0 Å². The third-order valence-electron chi connectivity index (χ3n) is 4.58. The molecule has 9 heteroatoms. The van der Waals surface area contributed by atoms with Crippen molar-refractivity contribution in [1.29, 1.82) is 0 Å². The lowest BCUT2D eigenvalue weighted by molar-refractivity contribution is -0.387. The first-order valence-corrected chi connectivity index (χ1v) is 11.8. The van der Waals surface area contributed by atoms with Gasteiger partial charge in [-0.2, -0.15) is 0 Å². The van der Waals surface area contributed by atoms with Crippen LogP contribution >= 0.6 is 47.3 Å². The second-order valence-corrected chi connectivity index (χ2v) is 10.0. The van der Waals surface area contributed by atoms with Crippen molar-refractivity contribution in [2.24, 2.45) is 0 Å². The topological polar surface area (TPSA) is 63.4 Å². The molecule has 0 saturated carbocycles. The highest BCUT2D eigenvalue weighted by Gasteiger charge is 2.32.